The smallest absolute Gasteiger partial charge is 0.377 e. The van der Waals surface area contributed by atoms with Crippen LogP contribution in [-0.4, -0.2) is 138 Å². The van der Waals surface area contributed by atoms with Gasteiger partial charge in [-0.3, -0.25) is 19.2 Å². The van der Waals surface area contributed by atoms with Crippen LogP contribution in [0.4, 0.5) is 35.1 Å². The molecule has 19 rings (SSSR count). The van der Waals surface area contributed by atoms with Gasteiger partial charge < -0.3 is 23.7 Å². The van der Waals surface area contributed by atoms with Gasteiger partial charge in [-0.1, -0.05) is 170 Å². The molecular formula is C99H112F8O13S4+4. The predicted molar refractivity (Wildman–Crippen MR) is 470 cm³/mol. The molecule has 25 heteroatoms. The molecule has 0 spiro atoms. The van der Waals surface area contributed by atoms with E-state index in [0.29, 0.717) is 85.6 Å². The van der Waals surface area contributed by atoms with Crippen molar-refractivity contribution in [2.24, 2.45) is 46.3 Å². The Bertz CT molecular complexity index is 4260. The average molecular weight is 1790 g/mol. The van der Waals surface area contributed by atoms with Crippen molar-refractivity contribution in [2.75, 3.05) is 61.4 Å². The van der Waals surface area contributed by atoms with Gasteiger partial charge in [-0.2, -0.15) is 35.1 Å². The molecule has 3 atom stereocenters. The zero-order chi connectivity index (χ0) is 89.1. The molecular weight excluding hydrogens is 1680 g/mol. The van der Waals surface area contributed by atoms with Crippen LogP contribution in [0.5, 0.6) is 0 Å². The summed E-state index contributed by atoms with van der Waals surface area (Å²) in [5.41, 5.74) is 1.57. The normalized spacial score (nSPS) is 22.5. The fourth-order valence-electron chi connectivity index (χ4n) is 17.9. The minimum absolute atomic E-state index is 0.0146. The quantitative estimate of drug-likeness (QED) is 0.0218. The van der Waals surface area contributed by atoms with Crippen LogP contribution in [0.3, 0.4) is 0 Å². The highest BCUT2D eigenvalue weighted by Crippen LogP contribution is 2.61. The molecule has 13 nitrogen and oxygen atoms in total. The van der Waals surface area contributed by atoms with Crippen molar-refractivity contribution in [1.82, 2.24) is 0 Å². The molecule has 0 radical (unpaired) electrons. The highest BCUT2D eigenvalue weighted by molar-refractivity contribution is 7.98. The molecule has 8 aromatic rings. The van der Waals surface area contributed by atoms with E-state index in [1.165, 1.54) is 97.3 Å². The number of carbonyl (C=O) groups is 8. The van der Waals surface area contributed by atoms with Crippen molar-refractivity contribution in [3.8, 4) is 0 Å². The number of Topliss-reactive ketones (excluding diaryl/α,β-unsaturated/α-hetero) is 3. The summed E-state index contributed by atoms with van der Waals surface area (Å²) in [6, 6.07) is 83.6. The van der Waals surface area contributed by atoms with E-state index in [1.54, 1.807) is 0 Å². The lowest BCUT2D eigenvalue weighted by molar-refractivity contribution is -0.180. The Morgan fingerprint density at radius 3 is 0.895 bits per heavy atom. The molecule has 11 fully saturated rings. The van der Waals surface area contributed by atoms with Crippen molar-refractivity contribution in [2.45, 2.75) is 190 Å². The van der Waals surface area contributed by atoms with Crippen LogP contribution in [0, 0.1) is 46.3 Å². The summed E-state index contributed by atoms with van der Waals surface area (Å²) < 4.78 is 121. The third-order valence-corrected chi connectivity index (χ3v) is 32.3. The summed E-state index contributed by atoms with van der Waals surface area (Å²) >= 11 is 0. The maximum absolute atomic E-state index is 12.8. The molecule has 8 aromatic carbocycles. The van der Waals surface area contributed by atoms with Crippen molar-refractivity contribution < 1.29 is 97.2 Å². The Kier molecular flexibility index (Phi) is 36.0. The van der Waals surface area contributed by atoms with Gasteiger partial charge in [0.05, 0.1) is 48.5 Å². The summed E-state index contributed by atoms with van der Waals surface area (Å²) in [4.78, 5) is 97.1. The number of hydrogen-bond donors (Lipinski definition) is 0. The first-order chi connectivity index (χ1) is 59.1. The average Bonchev–Trinajstić information content (AvgIpc) is 0.817. The Labute approximate surface area is 734 Å². The van der Waals surface area contributed by atoms with E-state index in [2.05, 4.69) is 196 Å². The lowest BCUT2D eigenvalue weighted by Crippen LogP contribution is -2.53. The number of ketones is 3. The number of benzene rings is 8. The predicted octanol–water partition coefficient (Wildman–Crippen LogP) is 21.4. The van der Waals surface area contributed by atoms with Crippen molar-refractivity contribution in [3.63, 3.8) is 0 Å². The van der Waals surface area contributed by atoms with E-state index in [1.807, 2.05) is 60.7 Å². The number of esters is 5. The SMILES string of the molecule is CC(F)(F)C(=O)OC1COC(=O)C1.CC(F)(F)C(=O)OCC12CC3CC(C1)C(=O)C(C3)C2.CC(F)(F)C(=O)OCC12CC3CC(CC(C3)C1)C2.COC(=O)C(C)(F)F.O=C(C[S+]1CCCC1)c1ccccc1.O=C(C[S+]1CCCC1)c1ccccc1.c1ccc([S+](c2ccccc2)c2ccccc2)cc1.c1ccc([S+](c2ccccc2)c2ccccc2)cc1. The second-order valence-corrected chi connectivity index (χ2v) is 42.3. The second kappa shape index (κ2) is 45.9. The topological polar surface area (TPSA) is 183 Å². The summed E-state index contributed by atoms with van der Waals surface area (Å²) in [6.07, 6.45) is 15.6. The van der Waals surface area contributed by atoms with Crippen LogP contribution in [0.15, 0.2) is 272 Å². The van der Waals surface area contributed by atoms with Crippen LogP contribution in [0.1, 0.15) is 151 Å². The van der Waals surface area contributed by atoms with Gasteiger partial charge in [0.1, 0.15) is 41.5 Å². The minimum Gasteiger partial charge on any atom is -0.465 e. The van der Waals surface area contributed by atoms with Gasteiger partial charge in [-0.15, -0.1) is 0 Å². The van der Waals surface area contributed by atoms with E-state index in [9.17, 15) is 73.5 Å². The second-order valence-electron chi connectivity index (χ2n) is 33.6. The molecule has 11 aliphatic rings. The van der Waals surface area contributed by atoms with E-state index in [4.69, 9.17) is 9.47 Å². The zero-order valence-electron chi connectivity index (χ0n) is 70.8. The van der Waals surface area contributed by atoms with Crippen molar-refractivity contribution in [3.05, 3.63) is 254 Å². The highest BCUT2D eigenvalue weighted by atomic mass is 32.2. The standard InChI is InChI=1S/2C18H15S.C14H18F2O3.C14H20F2O2.2C12H15OS.C7H8F2O4.C4H6F2O2/c2*1-4-10-16(11-5-1)19(17-12-6-2-7-13-17)18-14-8-3-9-15-18;1-13(15,16)12(18)19-7-14-4-8-2-9(5-14)11(17)10(3-8)6-14;1-13(15,16)12(17)18-8-14-5-9-2-10(6-14)4-11(3-9)7-14;2*13-12(10-14-8-4-5-9-14)11-6-2-1-3-7-11;1-7(8,9)6(11)13-4-2-5(10)12-3-4;1-4(5,6)3(7)8-2/h2*1-15H;8-10H,2-7H2,1H3;9-11H,2-8H2,1H3;2*1-3,6-7H,4-5,8-10H2;4H,2-3H2,1H3;1-2H3/q2*+1;;;2*+1;;. The summed E-state index contributed by atoms with van der Waals surface area (Å²) in [5, 5.41) is 0. The number of methoxy groups -OCH3 is 1. The molecule has 662 valence electrons. The molecule has 0 amide bonds. The first kappa shape index (κ1) is 97.2. The van der Waals surface area contributed by atoms with Gasteiger partial charge in [0.15, 0.2) is 40.9 Å². The molecule has 3 heterocycles. The Balaban J connectivity index is 0.000000150. The van der Waals surface area contributed by atoms with E-state index in [-0.39, 0.29) is 70.7 Å². The minimum atomic E-state index is -3.52. The van der Waals surface area contributed by atoms with Gasteiger partial charge in [0.2, 0.25) is 11.6 Å². The van der Waals surface area contributed by atoms with Gasteiger partial charge in [-0.25, -0.2) is 19.2 Å². The van der Waals surface area contributed by atoms with E-state index in [0.717, 1.165) is 86.0 Å². The van der Waals surface area contributed by atoms with Crippen LogP contribution in [0.25, 0.3) is 0 Å². The lowest BCUT2D eigenvalue weighted by Gasteiger charge is -2.56. The fraction of sp³-hybridized carbons (Fsp3) is 0.434. The Hall–Kier alpha value is -9.04. The monoisotopic (exact) mass is 1790 g/mol. The molecule has 124 heavy (non-hydrogen) atoms. The zero-order valence-corrected chi connectivity index (χ0v) is 74.0. The molecule has 8 bridgehead atoms. The van der Waals surface area contributed by atoms with Gasteiger partial charge in [-0.05, 0) is 215 Å². The van der Waals surface area contributed by atoms with Crippen LogP contribution in [0.2, 0.25) is 0 Å². The molecule has 0 aromatic heterocycles. The number of carbonyl (C=O) groups excluding carboxylic acids is 8. The van der Waals surface area contributed by atoms with Gasteiger partial charge >= 0.3 is 53.5 Å². The third-order valence-electron chi connectivity index (χ3n) is 23.0. The molecule has 8 aliphatic carbocycles. The Morgan fingerprint density at radius 2 is 0.645 bits per heavy atom. The summed E-state index contributed by atoms with van der Waals surface area (Å²) in [5.74, 6) is -9.58. The molecule has 0 N–H and O–H groups in total. The summed E-state index contributed by atoms with van der Waals surface area (Å²) in [7, 11) is 1.67. The first-order valence-corrected chi connectivity index (χ1v) is 48.1. The fourth-order valence-corrected chi connectivity index (χ4v) is 26.6. The summed E-state index contributed by atoms with van der Waals surface area (Å²) in [6.45, 7) is 2.20. The van der Waals surface area contributed by atoms with E-state index < -0.39 is 59.6 Å². The largest absolute Gasteiger partial charge is 0.465 e. The van der Waals surface area contributed by atoms with E-state index >= 15 is 0 Å². The van der Waals surface area contributed by atoms with Crippen LogP contribution in [-0.2, 0) is 96.0 Å². The molecule has 3 aliphatic heterocycles. The number of hydrogen-bond acceptors (Lipinski definition) is 13. The van der Waals surface area contributed by atoms with Crippen LogP contribution < -0.4 is 0 Å². The number of alkyl halides is 8. The number of halogens is 8. The maximum atomic E-state index is 12.8. The van der Waals surface area contributed by atoms with Crippen molar-refractivity contribution in [1.29, 1.82) is 0 Å². The molecule has 3 saturated heterocycles. The first-order valence-electron chi connectivity index (χ1n) is 42.2. The number of rotatable bonds is 21. The van der Waals surface area contributed by atoms with Crippen LogP contribution >= 0.6 is 0 Å². The third kappa shape index (κ3) is 29.8. The lowest BCUT2D eigenvalue weighted by atomic mass is 9.49. The molecule has 8 saturated carbocycles. The number of ether oxygens (including phenoxy) is 5. The van der Waals surface area contributed by atoms with Crippen molar-refractivity contribution >= 4 is 90.8 Å². The molecule has 3 unspecified atom stereocenters. The Morgan fingerprint density at radius 1 is 0.379 bits per heavy atom. The van der Waals surface area contributed by atoms with Gasteiger partial charge in [0.25, 0.3) is 0 Å². The highest BCUT2D eigenvalue weighted by Gasteiger charge is 2.57. The van der Waals surface area contributed by atoms with Gasteiger partial charge in [0, 0.05) is 61.5 Å². The maximum Gasteiger partial charge on any atom is 0.377 e. The number of cyclic esters (lactones) is 1.